The summed E-state index contributed by atoms with van der Waals surface area (Å²) in [7, 11) is 0. The fourth-order valence-corrected chi connectivity index (χ4v) is 7.40. The van der Waals surface area contributed by atoms with Gasteiger partial charge in [0.1, 0.15) is 0 Å². The van der Waals surface area contributed by atoms with E-state index in [0.717, 1.165) is 72.7 Å². The van der Waals surface area contributed by atoms with Gasteiger partial charge in [-0.15, -0.1) is 22.1 Å². The van der Waals surface area contributed by atoms with Crippen molar-refractivity contribution in [1.82, 2.24) is 19.9 Å². The normalized spacial score (nSPS) is 16.5. The minimum Gasteiger partial charge on any atom is -0.657 e. The second kappa shape index (κ2) is 12.9. The molecule has 0 saturated carbocycles. The van der Waals surface area contributed by atoms with Crippen LogP contribution < -0.4 is 9.97 Å². The van der Waals surface area contributed by atoms with Gasteiger partial charge in [-0.1, -0.05) is 41.0 Å². The number of nitrogens with zero attached hydrogens (tertiary/aromatic N) is 4. The second-order valence-electron chi connectivity index (χ2n) is 11.7. The number of aliphatic carboxylic acids is 2. The van der Waals surface area contributed by atoms with Crippen molar-refractivity contribution in [2.24, 2.45) is 0 Å². The van der Waals surface area contributed by atoms with E-state index in [1.165, 1.54) is 17.3 Å². The average Bonchev–Trinajstić information content (AvgIpc) is 3.49. The van der Waals surface area contributed by atoms with Crippen molar-refractivity contribution in [3.63, 3.8) is 0 Å². The molecule has 0 aliphatic carbocycles. The Labute approximate surface area is 282 Å². The Morgan fingerprint density at radius 2 is 1.38 bits per heavy atom. The van der Waals surface area contributed by atoms with Crippen molar-refractivity contribution in [2.45, 2.75) is 70.8 Å². The number of carboxylic acid groups (broad SMARTS) is 2. The van der Waals surface area contributed by atoms with Gasteiger partial charge >= 0.3 is 29.0 Å². The van der Waals surface area contributed by atoms with Crippen LogP contribution in [0.4, 0.5) is 0 Å². The van der Waals surface area contributed by atoms with E-state index in [0.29, 0.717) is 35.0 Å². The number of carbonyl (C=O) groups is 2. The van der Waals surface area contributed by atoms with Crippen LogP contribution in [0.2, 0.25) is 0 Å². The maximum absolute atomic E-state index is 11.6. The van der Waals surface area contributed by atoms with Crippen LogP contribution >= 0.6 is 12.6 Å². The van der Waals surface area contributed by atoms with Crippen molar-refractivity contribution in [1.29, 1.82) is 0 Å². The van der Waals surface area contributed by atoms with Crippen LogP contribution in [0.15, 0.2) is 24.3 Å². The number of allylic oxidation sites excluding steroid dienone is 3. The molecule has 6 rings (SSSR count). The Morgan fingerprint density at radius 3 is 2.02 bits per heavy atom. The second-order valence-corrected chi connectivity index (χ2v) is 13.9. The van der Waals surface area contributed by atoms with E-state index in [2.05, 4.69) is 19.9 Å². The van der Waals surface area contributed by atoms with Crippen molar-refractivity contribution >= 4 is 80.7 Å². The molecule has 0 unspecified atom stereocenters. The smallest absolute Gasteiger partial charge is 0.657 e. The van der Waals surface area contributed by atoms with Gasteiger partial charge in [-0.3, -0.25) is 9.59 Å². The van der Waals surface area contributed by atoms with Crippen molar-refractivity contribution in [3.05, 3.63) is 69.3 Å². The summed E-state index contributed by atoms with van der Waals surface area (Å²) in [5.41, 5.74) is 14.1. The molecule has 0 spiro atoms. The number of hydrogen-bond donors (Lipinski definition) is 3. The number of rotatable bonds is 8. The molecule has 3 aromatic heterocycles. The third-order valence-corrected chi connectivity index (χ3v) is 10.0. The third kappa shape index (κ3) is 6.41. The molecule has 0 aromatic carbocycles. The Bertz CT molecular complexity index is 1970. The van der Waals surface area contributed by atoms with Gasteiger partial charge in [0.15, 0.2) is 11.0 Å². The van der Waals surface area contributed by atoms with Crippen LogP contribution in [-0.4, -0.2) is 43.1 Å². The number of hydrogen-bond acceptors (Lipinski definition) is 5. The minimum absolute atomic E-state index is 0. The molecule has 8 bridgehead atoms. The first-order valence-electron chi connectivity index (χ1n) is 14.8. The van der Waals surface area contributed by atoms with E-state index in [1.54, 1.807) is 0 Å². The molecule has 6 heterocycles. The SMILES string of the molecule is CC1=C(CCC(=O)O)c2cc3[n-]c(cc4nc(cc5[n-]c(cc1n2)c([C@H](C)S)c5C)C([C@H]1C[SH+]1)=C4C)c(C)c3CCC(=O)O.[Fe+2]. The van der Waals surface area contributed by atoms with Gasteiger partial charge < -0.3 is 20.2 Å². The predicted molar refractivity (Wildman–Crippen MR) is 181 cm³/mol. The Balaban J connectivity index is 0.00000400. The number of carboxylic acids is 2. The van der Waals surface area contributed by atoms with Crippen LogP contribution in [0.5, 0.6) is 0 Å². The van der Waals surface area contributed by atoms with E-state index in [1.807, 2.05) is 39.0 Å². The number of fused-ring (bicyclic) bond motifs is 8. The molecule has 11 heteroatoms. The summed E-state index contributed by atoms with van der Waals surface area (Å²) < 4.78 is 0. The van der Waals surface area contributed by atoms with E-state index < -0.39 is 11.9 Å². The summed E-state index contributed by atoms with van der Waals surface area (Å²) in [4.78, 5) is 43.3. The van der Waals surface area contributed by atoms with Gasteiger partial charge in [0.05, 0.1) is 22.8 Å². The molecule has 234 valence electrons. The van der Waals surface area contributed by atoms with Gasteiger partial charge in [-0.25, -0.2) is 9.97 Å². The molecule has 2 atom stereocenters. The molecule has 0 amide bonds. The van der Waals surface area contributed by atoms with Crippen LogP contribution in [0.1, 0.15) is 90.3 Å². The van der Waals surface area contributed by atoms with E-state index in [9.17, 15) is 19.8 Å². The third-order valence-electron chi connectivity index (χ3n) is 8.77. The summed E-state index contributed by atoms with van der Waals surface area (Å²) >= 11 is 6.20. The average molecular weight is 684 g/mol. The molecular formula is C34H35FeN4O4S2+. The first-order valence-corrected chi connectivity index (χ1v) is 16.4. The summed E-state index contributed by atoms with van der Waals surface area (Å²) in [5, 5.41) is 19.4. The van der Waals surface area contributed by atoms with Crippen molar-refractivity contribution in [2.75, 3.05) is 5.75 Å². The fourth-order valence-electron chi connectivity index (χ4n) is 6.28. The maximum atomic E-state index is 11.6. The van der Waals surface area contributed by atoms with Crippen LogP contribution in [0.25, 0.3) is 44.4 Å². The van der Waals surface area contributed by atoms with Crippen LogP contribution in [-0.2, 0) is 44.8 Å². The van der Waals surface area contributed by atoms with Gasteiger partial charge in [-0.2, -0.15) is 12.6 Å². The zero-order chi connectivity index (χ0) is 31.4. The number of aromatic nitrogens is 4. The molecule has 2 N–H and O–H groups in total. The van der Waals surface area contributed by atoms with E-state index in [-0.39, 0.29) is 35.2 Å². The maximum Gasteiger partial charge on any atom is 2.00 e. The summed E-state index contributed by atoms with van der Waals surface area (Å²) in [6, 6.07) is 7.94. The summed E-state index contributed by atoms with van der Waals surface area (Å²) in [5.74, 6) is -0.656. The molecule has 3 aliphatic rings. The first-order chi connectivity index (χ1) is 20.9. The molecule has 3 aliphatic heterocycles. The van der Waals surface area contributed by atoms with Crippen LogP contribution in [0, 0.1) is 13.8 Å². The quantitative estimate of drug-likeness (QED) is 0.112. The van der Waals surface area contributed by atoms with Gasteiger partial charge in [0.25, 0.3) is 0 Å². The number of thiol groups is 2. The standard InChI is InChI=1S/C34H36N4O4S2.Fe/c1-15-20(6-8-31(39)40)26-13-27-21(7-9-32(41)42)16(2)23(36-27)11-28-33(19(5)43)17(3)25(37-28)12-29-34(30-14-44-30)18(4)24(38-29)10-22(15)35-26;/h10-13,19,30H,6-9,14H2,1-5H3,(H5,35,36,37,38,39,40,41,42,43);/q;+2/p-1/t19-,30+;/m0./s1. The monoisotopic (exact) mass is 683 g/mol. The Hall–Kier alpha value is -3.24. The van der Waals surface area contributed by atoms with Crippen molar-refractivity contribution < 1.29 is 36.9 Å². The Morgan fingerprint density at radius 1 is 0.844 bits per heavy atom. The molecule has 3 aromatic rings. The van der Waals surface area contributed by atoms with Gasteiger partial charge in [-0.05, 0) is 81.5 Å². The molecule has 1 saturated heterocycles. The fraction of sp³-hybridized carbons (Fsp3) is 0.353. The number of aryl methyl sites for hydroxylation is 3. The van der Waals surface area contributed by atoms with E-state index in [4.69, 9.17) is 32.6 Å². The summed E-state index contributed by atoms with van der Waals surface area (Å²) in [6.07, 6.45) is 0.557. The topological polar surface area (TPSA) is 129 Å². The Kier molecular flexibility index (Phi) is 9.47. The molecule has 0 radical (unpaired) electrons. The molecule has 1 fully saturated rings. The summed E-state index contributed by atoms with van der Waals surface area (Å²) in [6.45, 7) is 10.2. The molecule has 45 heavy (non-hydrogen) atoms. The van der Waals surface area contributed by atoms with Gasteiger partial charge in [0, 0.05) is 23.7 Å². The molecular weight excluding hydrogens is 648 g/mol. The van der Waals surface area contributed by atoms with E-state index >= 15 is 0 Å². The molecule has 8 nitrogen and oxygen atoms in total. The zero-order valence-corrected chi connectivity index (χ0v) is 28.6. The largest absolute Gasteiger partial charge is 2.00 e. The van der Waals surface area contributed by atoms with Crippen molar-refractivity contribution in [3.8, 4) is 0 Å². The predicted octanol–water partition coefficient (Wildman–Crippen LogP) is 6.12. The van der Waals surface area contributed by atoms with Crippen LogP contribution in [0.3, 0.4) is 0 Å². The van der Waals surface area contributed by atoms with Gasteiger partial charge in [0.2, 0.25) is 0 Å². The first kappa shape index (κ1) is 33.1. The zero-order valence-electron chi connectivity index (χ0n) is 25.7. The minimum atomic E-state index is -0.886.